The Morgan fingerprint density at radius 2 is 2.00 bits per heavy atom. The Morgan fingerprint density at radius 3 is 2.62 bits per heavy atom. The van der Waals surface area contributed by atoms with Crippen molar-refractivity contribution in [1.82, 2.24) is 20.1 Å². The number of ether oxygens (including phenoxy) is 1. The van der Waals surface area contributed by atoms with Crippen molar-refractivity contribution in [2.75, 3.05) is 20.1 Å². The van der Waals surface area contributed by atoms with Gasteiger partial charge in [0, 0.05) is 44.5 Å². The molecule has 0 saturated carbocycles. The lowest BCUT2D eigenvalue weighted by atomic mass is 10.1. The summed E-state index contributed by atoms with van der Waals surface area (Å²) in [6.45, 7) is 11.4. The number of rotatable bonds is 12. The molecule has 2 aromatic heterocycles. The monoisotopic (exact) mass is 397 g/mol. The molecule has 29 heavy (non-hydrogen) atoms. The summed E-state index contributed by atoms with van der Waals surface area (Å²) in [5.74, 6) is 0.592. The maximum absolute atomic E-state index is 6.11. The largest absolute Gasteiger partial charge is 0.473 e. The van der Waals surface area contributed by atoms with Gasteiger partial charge in [0.05, 0.1) is 11.4 Å². The highest BCUT2D eigenvalue weighted by Gasteiger charge is 2.14. The van der Waals surface area contributed by atoms with Gasteiger partial charge in [0.25, 0.3) is 0 Å². The van der Waals surface area contributed by atoms with Crippen molar-refractivity contribution in [1.29, 1.82) is 0 Å². The topological polar surface area (TPSA) is 63.5 Å². The molecule has 0 aromatic carbocycles. The first-order valence-corrected chi connectivity index (χ1v) is 10.6. The lowest BCUT2D eigenvalue weighted by Crippen LogP contribution is -2.30. The number of pyridine rings is 1. The molecule has 0 aliphatic rings. The Labute approximate surface area is 175 Å². The summed E-state index contributed by atoms with van der Waals surface area (Å²) in [6.07, 6.45) is 5.73. The first-order valence-electron chi connectivity index (χ1n) is 10.6. The molecular weight excluding hydrogens is 362 g/mol. The summed E-state index contributed by atoms with van der Waals surface area (Å²) in [5, 5.41) is 8.52. The summed E-state index contributed by atoms with van der Waals surface area (Å²) in [7, 11) is 1.79. The van der Waals surface area contributed by atoms with E-state index in [4.69, 9.17) is 4.74 Å². The SMILES string of the molecule is CCCN(CCC(CC)Oc1ccc(C/C(C)=N\C)nn1)Cc1ncccc1C. The zero-order valence-corrected chi connectivity index (χ0v) is 18.6. The Morgan fingerprint density at radius 1 is 1.17 bits per heavy atom. The summed E-state index contributed by atoms with van der Waals surface area (Å²) < 4.78 is 6.11. The molecule has 0 bridgehead atoms. The van der Waals surface area contributed by atoms with Gasteiger partial charge in [-0.15, -0.1) is 5.10 Å². The van der Waals surface area contributed by atoms with E-state index in [1.165, 1.54) is 5.56 Å². The molecular formula is C23H35N5O. The van der Waals surface area contributed by atoms with Gasteiger partial charge < -0.3 is 4.74 Å². The molecule has 6 nitrogen and oxygen atoms in total. The van der Waals surface area contributed by atoms with Crippen molar-refractivity contribution in [3.63, 3.8) is 0 Å². The highest BCUT2D eigenvalue weighted by atomic mass is 16.5. The first-order chi connectivity index (χ1) is 14.0. The van der Waals surface area contributed by atoms with E-state index in [1.54, 1.807) is 7.05 Å². The number of aliphatic imine (C=N–C) groups is 1. The maximum atomic E-state index is 6.11. The van der Waals surface area contributed by atoms with Crippen molar-refractivity contribution < 1.29 is 4.74 Å². The van der Waals surface area contributed by atoms with Gasteiger partial charge in [-0.25, -0.2) is 0 Å². The minimum absolute atomic E-state index is 0.123. The fraction of sp³-hybridized carbons (Fsp3) is 0.565. The average Bonchev–Trinajstić information content (AvgIpc) is 2.73. The molecule has 1 atom stereocenters. The van der Waals surface area contributed by atoms with Crippen LogP contribution in [0.15, 0.2) is 35.5 Å². The second kappa shape index (κ2) is 12.3. The second-order valence-corrected chi connectivity index (χ2v) is 7.48. The molecule has 2 rings (SSSR count). The van der Waals surface area contributed by atoms with Crippen LogP contribution in [-0.4, -0.2) is 52.0 Å². The molecule has 0 spiro atoms. The van der Waals surface area contributed by atoms with E-state index in [-0.39, 0.29) is 6.10 Å². The number of hydrogen-bond acceptors (Lipinski definition) is 6. The molecule has 2 aromatic rings. The Bertz CT molecular complexity index is 760. The molecule has 2 heterocycles. The molecule has 0 aliphatic heterocycles. The summed E-state index contributed by atoms with van der Waals surface area (Å²) >= 11 is 0. The van der Waals surface area contributed by atoms with Crippen LogP contribution in [0.2, 0.25) is 0 Å². The Hall–Kier alpha value is -2.34. The number of nitrogens with zero attached hydrogens (tertiary/aromatic N) is 5. The van der Waals surface area contributed by atoms with Crippen LogP contribution in [0.1, 0.15) is 57.0 Å². The van der Waals surface area contributed by atoms with Gasteiger partial charge in [0.15, 0.2) is 0 Å². The van der Waals surface area contributed by atoms with Gasteiger partial charge in [0.1, 0.15) is 6.10 Å². The first kappa shape index (κ1) is 22.9. The Balaban J connectivity index is 1.91. The second-order valence-electron chi connectivity index (χ2n) is 7.48. The van der Waals surface area contributed by atoms with Gasteiger partial charge in [-0.2, -0.15) is 5.10 Å². The highest BCUT2D eigenvalue weighted by Crippen LogP contribution is 2.14. The molecule has 0 amide bonds. The number of aryl methyl sites for hydroxylation is 1. The molecule has 6 heteroatoms. The predicted molar refractivity (Wildman–Crippen MR) is 119 cm³/mol. The van der Waals surface area contributed by atoms with E-state index in [1.807, 2.05) is 31.3 Å². The maximum Gasteiger partial charge on any atom is 0.233 e. The average molecular weight is 398 g/mol. The molecule has 0 fully saturated rings. The molecule has 1 unspecified atom stereocenters. The molecule has 0 saturated heterocycles. The highest BCUT2D eigenvalue weighted by molar-refractivity contribution is 5.83. The molecule has 0 radical (unpaired) electrons. The van der Waals surface area contributed by atoms with Crippen LogP contribution >= 0.6 is 0 Å². The predicted octanol–water partition coefficient (Wildman–Crippen LogP) is 4.27. The van der Waals surface area contributed by atoms with Crippen molar-refractivity contribution in [3.05, 3.63) is 47.4 Å². The van der Waals surface area contributed by atoms with Crippen LogP contribution in [0, 0.1) is 6.92 Å². The van der Waals surface area contributed by atoms with Gasteiger partial charge in [-0.3, -0.25) is 14.9 Å². The Kier molecular flexibility index (Phi) is 9.71. The summed E-state index contributed by atoms with van der Waals surface area (Å²) in [4.78, 5) is 11.2. The van der Waals surface area contributed by atoms with Crippen LogP contribution in [0.5, 0.6) is 5.88 Å². The third kappa shape index (κ3) is 7.89. The van der Waals surface area contributed by atoms with Crippen molar-refractivity contribution >= 4 is 5.71 Å². The zero-order chi connectivity index (χ0) is 21.1. The number of aromatic nitrogens is 3. The van der Waals surface area contributed by atoms with E-state index < -0.39 is 0 Å². The molecule has 0 N–H and O–H groups in total. The van der Waals surface area contributed by atoms with Crippen molar-refractivity contribution in [2.45, 2.75) is 66.0 Å². The quantitative estimate of drug-likeness (QED) is 0.500. The molecule has 0 aliphatic carbocycles. The lowest BCUT2D eigenvalue weighted by Gasteiger charge is -2.25. The fourth-order valence-corrected chi connectivity index (χ4v) is 3.17. The van der Waals surface area contributed by atoms with E-state index in [0.29, 0.717) is 5.88 Å². The standard InChI is InChI=1S/C23H35N5O/c1-6-14-28(17-22-18(3)9-8-13-25-22)15-12-21(7-2)29-23-11-10-20(26-27-23)16-19(4)24-5/h8-11,13,21H,6-7,12,14-17H2,1-5H3/b24-19-. The number of hydrogen-bond donors (Lipinski definition) is 0. The van der Waals surface area contributed by atoms with E-state index in [2.05, 4.69) is 51.9 Å². The van der Waals surface area contributed by atoms with Crippen LogP contribution < -0.4 is 4.74 Å². The van der Waals surface area contributed by atoms with Crippen LogP contribution in [-0.2, 0) is 13.0 Å². The third-order valence-corrected chi connectivity index (χ3v) is 5.06. The van der Waals surface area contributed by atoms with Crippen LogP contribution in [0.25, 0.3) is 0 Å². The van der Waals surface area contributed by atoms with Crippen LogP contribution in [0.4, 0.5) is 0 Å². The smallest absolute Gasteiger partial charge is 0.233 e. The normalized spacial score (nSPS) is 13.0. The van der Waals surface area contributed by atoms with Gasteiger partial charge >= 0.3 is 0 Å². The van der Waals surface area contributed by atoms with E-state index in [0.717, 1.165) is 62.4 Å². The van der Waals surface area contributed by atoms with Gasteiger partial charge in [-0.05, 0) is 57.4 Å². The zero-order valence-electron chi connectivity index (χ0n) is 18.6. The van der Waals surface area contributed by atoms with Crippen molar-refractivity contribution in [3.8, 4) is 5.88 Å². The minimum atomic E-state index is 0.123. The van der Waals surface area contributed by atoms with Gasteiger partial charge in [-0.1, -0.05) is 19.9 Å². The van der Waals surface area contributed by atoms with E-state index >= 15 is 0 Å². The van der Waals surface area contributed by atoms with Crippen LogP contribution in [0.3, 0.4) is 0 Å². The fourth-order valence-electron chi connectivity index (χ4n) is 3.17. The summed E-state index contributed by atoms with van der Waals surface area (Å²) in [6, 6.07) is 8.00. The lowest BCUT2D eigenvalue weighted by molar-refractivity contribution is 0.148. The summed E-state index contributed by atoms with van der Waals surface area (Å²) in [5.41, 5.74) is 4.35. The molecule has 158 valence electrons. The minimum Gasteiger partial charge on any atom is -0.473 e. The van der Waals surface area contributed by atoms with E-state index in [9.17, 15) is 0 Å². The third-order valence-electron chi connectivity index (χ3n) is 5.06. The van der Waals surface area contributed by atoms with Gasteiger partial charge in [0.2, 0.25) is 5.88 Å². The van der Waals surface area contributed by atoms with Crippen molar-refractivity contribution in [2.24, 2.45) is 4.99 Å².